The second-order valence-corrected chi connectivity index (χ2v) is 6.24. The fraction of sp³-hybridized carbons (Fsp3) is 0.538. The Morgan fingerprint density at radius 3 is 3.00 bits per heavy atom. The fourth-order valence-corrected chi connectivity index (χ4v) is 3.05. The van der Waals surface area contributed by atoms with Crippen LogP contribution in [0.3, 0.4) is 0 Å². The number of hydrogen-bond donors (Lipinski definition) is 2. The molecule has 0 aromatic carbocycles. The highest BCUT2D eigenvalue weighted by molar-refractivity contribution is 14.0. The summed E-state index contributed by atoms with van der Waals surface area (Å²) >= 11 is 3.54. The van der Waals surface area contributed by atoms with E-state index >= 15 is 0 Å². The number of guanidine groups is 1. The Balaban J connectivity index is 0.00000220. The molecule has 0 amide bonds. The Labute approximate surface area is 151 Å². The number of rotatable bonds is 7. The van der Waals surface area contributed by atoms with Crippen molar-refractivity contribution >= 4 is 58.0 Å². The first-order chi connectivity index (χ1) is 9.83. The molecule has 2 heterocycles. The summed E-state index contributed by atoms with van der Waals surface area (Å²) in [5, 5.41) is 8.65. The number of thiazole rings is 1. The van der Waals surface area contributed by atoms with E-state index in [1.807, 2.05) is 33.9 Å². The maximum absolute atomic E-state index is 4.53. The molecule has 0 aliphatic heterocycles. The van der Waals surface area contributed by atoms with Gasteiger partial charge in [0.05, 0.1) is 12.2 Å². The summed E-state index contributed by atoms with van der Waals surface area (Å²) in [4.78, 5) is 9.78. The van der Waals surface area contributed by atoms with Crippen LogP contribution in [0.15, 0.2) is 22.8 Å². The van der Waals surface area contributed by atoms with Crippen LogP contribution in [-0.2, 0) is 6.54 Å². The number of nitrogens with one attached hydrogen (secondary N) is 2. The number of fused-ring (bicyclic) bond motifs is 1. The molecule has 0 aliphatic rings. The number of imidazole rings is 1. The number of nitrogens with zero attached hydrogens (tertiary/aromatic N) is 3. The van der Waals surface area contributed by atoms with Crippen LogP contribution in [0.4, 0.5) is 0 Å². The third-order valence-electron chi connectivity index (χ3n) is 2.87. The summed E-state index contributed by atoms with van der Waals surface area (Å²) in [6, 6.07) is 0. The van der Waals surface area contributed by atoms with Gasteiger partial charge in [0, 0.05) is 31.4 Å². The van der Waals surface area contributed by atoms with E-state index < -0.39 is 0 Å². The monoisotopic (exact) mass is 439 g/mol. The molecular formula is C13H22IN5S2. The number of aromatic nitrogens is 2. The number of aliphatic imine (C=N–C) groups is 1. The lowest BCUT2D eigenvalue weighted by Crippen LogP contribution is -2.37. The van der Waals surface area contributed by atoms with E-state index in [0.717, 1.165) is 23.2 Å². The average Bonchev–Trinajstić information content (AvgIpc) is 3.03. The molecule has 0 aliphatic carbocycles. The molecule has 0 saturated heterocycles. The Bertz CT molecular complexity index is 523. The lowest BCUT2D eigenvalue weighted by Gasteiger charge is -2.10. The molecule has 0 saturated carbocycles. The van der Waals surface area contributed by atoms with Gasteiger partial charge in [0.15, 0.2) is 10.9 Å². The van der Waals surface area contributed by atoms with E-state index in [9.17, 15) is 0 Å². The van der Waals surface area contributed by atoms with Gasteiger partial charge in [-0.1, -0.05) is 0 Å². The molecule has 0 radical (unpaired) electrons. The van der Waals surface area contributed by atoms with Crippen molar-refractivity contribution in [3.63, 3.8) is 0 Å². The normalized spacial score (nSPS) is 11.4. The predicted octanol–water partition coefficient (Wildman–Crippen LogP) is 2.82. The molecule has 2 aromatic heterocycles. The molecule has 0 atom stereocenters. The lowest BCUT2D eigenvalue weighted by atomic mass is 10.3. The van der Waals surface area contributed by atoms with Crippen molar-refractivity contribution in [3.8, 4) is 0 Å². The van der Waals surface area contributed by atoms with E-state index in [1.54, 1.807) is 18.4 Å². The van der Waals surface area contributed by atoms with E-state index in [1.165, 1.54) is 18.6 Å². The van der Waals surface area contributed by atoms with Crippen LogP contribution in [0.25, 0.3) is 4.96 Å². The van der Waals surface area contributed by atoms with Crippen molar-refractivity contribution in [1.82, 2.24) is 20.0 Å². The molecule has 2 aromatic rings. The summed E-state index contributed by atoms with van der Waals surface area (Å²) in [7, 11) is 1.79. The molecule has 0 bridgehead atoms. The van der Waals surface area contributed by atoms with Gasteiger partial charge < -0.3 is 10.6 Å². The molecule has 8 heteroatoms. The van der Waals surface area contributed by atoms with Gasteiger partial charge in [0.25, 0.3) is 0 Å². The second kappa shape index (κ2) is 10.3. The molecule has 118 valence electrons. The smallest absolute Gasteiger partial charge is 0.193 e. The predicted molar refractivity (Wildman–Crippen MR) is 104 cm³/mol. The third kappa shape index (κ3) is 6.03. The van der Waals surface area contributed by atoms with Crippen LogP contribution in [0, 0.1) is 0 Å². The highest BCUT2D eigenvalue weighted by Crippen LogP contribution is 2.10. The van der Waals surface area contributed by atoms with Crippen molar-refractivity contribution in [3.05, 3.63) is 23.5 Å². The number of thioether (sulfide) groups is 1. The zero-order valence-corrected chi connectivity index (χ0v) is 16.3. The van der Waals surface area contributed by atoms with Crippen LogP contribution in [0.5, 0.6) is 0 Å². The number of hydrogen-bond acceptors (Lipinski definition) is 4. The van der Waals surface area contributed by atoms with Gasteiger partial charge in [-0.05, 0) is 24.9 Å². The van der Waals surface area contributed by atoms with E-state index in [2.05, 4.69) is 26.9 Å². The average molecular weight is 439 g/mol. The minimum Gasteiger partial charge on any atom is -0.356 e. The van der Waals surface area contributed by atoms with Crippen LogP contribution >= 0.6 is 47.1 Å². The minimum atomic E-state index is 0. The topological polar surface area (TPSA) is 53.7 Å². The molecule has 2 N–H and O–H groups in total. The first-order valence-corrected chi connectivity index (χ1v) is 8.95. The van der Waals surface area contributed by atoms with E-state index in [0.29, 0.717) is 6.54 Å². The maximum atomic E-state index is 4.53. The van der Waals surface area contributed by atoms with Crippen LogP contribution in [0.1, 0.15) is 18.5 Å². The minimum absolute atomic E-state index is 0. The SMILES string of the molecule is CN=C(NCCCCSC)NCc1cn2ccsc2n1.I. The molecule has 0 unspecified atom stereocenters. The van der Waals surface area contributed by atoms with Gasteiger partial charge in [-0.3, -0.25) is 9.39 Å². The van der Waals surface area contributed by atoms with E-state index in [-0.39, 0.29) is 24.0 Å². The van der Waals surface area contributed by atoms with Gasteiger partial charge in [-0.15, -0.1) is 35.3 Å². The van der Waals surface area contributed by atoms with Crippen LogP contribution in [-0.4, -0.2) is 40.9 Å². The lowest BCUT2D eigenvalue weighted by molar-refractivity contribution is 0.730. The fourth-order valence-electron chi connectivity index (χ4n) is 1.83. The van der Waals surface area contributed by atoms with Crippen molar-refractivity contribution in [2.24, 2.45) is 4.99 Å². The Kier molecular flexibility index (Phi) is 9.09. The van der Waals surface area contributed by atoms with Crippen molar-refractivity contribution in [2.45, 2.75) is 19.4 Å². The summed E-state index contributed by atoms with van der Waals surface area (Å²) < 4.78 is 2.04. The second-order valence-electron chi connectivity index (χ2n) is 4.38. The standard InChI is InChI=1S/C13H21N5S2.HI/c1-14-12(15-5-3-4-7-19-2)16-9-11-10-18-6-8-20-13(18)17-11;/h6,8,10H,3-5,7,9H2,1-2H3,(H2,14,15,16);1H. The molecule has 2 rings (SSSR count). The van der Waals surface area contributed by atoms with E-state index in [4.69, 9.17) is 0 Å². The number of unbranched alkanes of at least 4 members (excludes halogenated alkanes) is 1. The van der Waals surface area contributed by atoms with Crippen molar-refractivity contribution in [1.29, 1.82) is 0 Å². The molecular weight excluding hydrogens is 417 g/mol. The highest BCUT2D eigenvalue weighted by atomic mass is 127. The Hall–Kier alpha value is -0.480. The zero-order valence-electron chi connectivity index (χ0n) is 12.3. The third-order valence-corrected chi connectivity index (χ3v) is 4.34. The molecule has 0 spiro atoms. The zero-order chi connectivity index (χ0) is 14.2. The van der Waals surface area contributed by atoms with Crippen molar-refractivity contribution in [2.75, 3.05) is 25.6 Å². The summed E-state index contributed by atoms with van der Waals surface area (Å²) in [6.07, 6.45) is 8.62. The van der Waals surface area contributed by atoms with Gasteiger partial charge in [-0.25, -0.2) is 4.98 Å². The van der Waals surface area contributed by atoms with Gasteiger partial charge in [0.1, 0.15) is 0 Å². The van der Waals surface area contributed by atoms with Crippen molar-refractivity contribution < 1.29 is 0 Å². The largest absolute Gasteiger partial charge is 0.356 e. The molecule has 5 nitrogen and oxygen atoms in total. The summed E-state index contributed by atoms with van der Waals surface area (Å²) in [5.74, 6) is 2.06. The Morgan fingerprint density at radius 2 is 2.29 bits per heavy atom. The Morgan fingerprint density at radius 1 is 1.43 bits per heavy atom. The summed E-state index contributed by atoms with van der Waals surface area (Å²) in [5.41, 5.74) is 1.03. The quantitative estimate of drug-likeness (QED) is 0.302. The van der Waals surface area contributed by atoms with Gasteiger partial charge in [0.2, 0.25) is 0 Å². The van der Waals surface area contributed by atoms with Gasteiger partial charge >= 0.3 is 0 Å². The number of halogens is 1. The summed E-state index contributed by atoms with van der Waals surface area (Å²) in [6.45, 7) is 1.65. The van der Waals surface area contributed by atoms with Gasteiger partial charge in [-0.2, -0.15) is 11.8 Å². The maximum Gasteiger partial charge on any atom is 0.193 e. The molecule has 21 heavy (non-hydrogen) atoms. The molecule has 0 fully saturated rings. The first kappa shape index (κ1) is 18.6. The first-order valence-electron chi connectivity index (χ1n) is 6.68. The highest BCUT2D eigenvalue weighted by Gasteiger charge is 2.03. The van der Waals surface area contributed by atoms with Crippen LogP contribution in [0.2, 0.25) is 0 Å². The van der Waals surface area contributed by atoms with Crippen LogP contribution < -0.4 is 10.6 Å².